The van der Waals surface area contributed by atoms with Crippen LogP contribution in [-0.4, -0.2) is 29.1 Å². The van der Waals surface area contributed by atoms with Gasteiger partial charge in [0.15, 0.2) is 0 Å². The maximum absolute atomic E-state index is 10.3. The summed E-state index contributed by atoms with van der Waals surface area (Å²) in [6, 6.07) is 0. The molecule has 0 atom stereocenters. The predicted octanol–water partition coefficient (Wildman–Crippen LogP) is 0.847. The molecule has 0 radical (unpaired) electrons. The number of hydrogen-bond donors (Lipinski definition) is 1. The number of aliphatic carboxylic acids is 1. The van der Waals surface area contributed by atoms with Gasteiger partial charge in [0.1, 0.15) is 6.54 Å². The van der Waals surface area contributed by atoms with E-state index in [-0.39, 0.29) is 6.54 Å². The molecule has 0 saturated carbocycles. The fraction of sp³-hybridized carbons (Fsp3) is 0.375. The van der Waals surface area contributed by atoms with Crippen molar-refractivity contribution in [3.8, 4) is 0 Å². The van der Waals surface area contributed by atoms with E-state index in [2.05, 4.69) is 0 Å². The van der Waals surface area contributed by atoms with Gasteiger partial charge in [-0.25, -0.2) is 0 Å². The van der Waals surface area contributed by atoms with Gasteiger partial charge in [0, 0.05) is 12.7 Å². The van der Waals surface area contributed by atoms with E-state index in [1.807, 2.05) is 25.3 Å². The molecule has 0 aromatic carbocycles. The Hall–Kier alpha value is -1.25. The van der Waals surface area contributed by atoms with E-state index in [1.165, 1.54) is 0 Å². The highest BCUT2D eigenvalue weighted by atomic mass is 16.4. The van der Waals surface area contributed by atoms with E-state index < -0.39 is 5.97 Å². The van der Waals surface area contributed by atoms with Gasteiger partial charge in [-0.3, -0.25) is 4.79 Å². The highest BCUT2D eigenvalue weighted by Crippen LogP contribution is 2.05. The summed E-state index contributed by atoms with van der Waals surface area (Å²) in [5.74, 6) is -0.788. The lowest BCUT2D eigenvalue weighted by Gasteiger charge is -2.19. The second-order valence-electron chi connectivity index (χ2n) is 2.60. The lowest BCUT2D eigenvalue weighted by molar-refractivity contribution is -0.137. The normalized spacial score (nSPS) is 16.5. The summed E-state index contributed by atoms with van der Waals surface area (Å²) in [5, 5.41) is 8.46. The minimum Gasteiger partial charge on any atom is -0.480 e. The monoisotopic (exact) mass is 153 g/mol. The largest absolute Gasteiger partial charge is 0.480 e. The van der Waals surface area contributed by atoms with Crippen molar-refractivity contribution in [3.63, 3.8) is 0 Å². The van der Waals surface area contributed by atoms with Gasteiger partial charge in [0.05, 0.1) is 0 Å². The first-order valence-corrected chi connectivity index (χ1v) is 3.49. The Balaban J connectivity index is 2.50. The van der Waals surface area contributed by atoms with E-state index in [4.69, 9.17) is 5.11 Å². The van der Waals surface area contributed by atoms with Crippen LogP contribution in [0.5, 0.6) is 0 Å². The van der Waals surface area contributed by atoms with Crippen LogP contribution in [0.1, 0.15) is 6.92 Å². The zero-order valence-electron chi connectivity index (χ0n) is 6.45. The molecule has 0 aromatic rings. The van der Waals surface area contributed by atoms with Gasteiger partial charge in [0.25, 0.3) is 0 Å². The van der Waals surface area contributed by atoms with E-state index in [0.29, 0.717) is 6.54 Å². The topological polar surface area (TPSA) is 40.5 Å². The molecular weight excluding hydrogens is 142 g/mol. The molecule has 1 N–H and O–H groups in total. The fourth-order valence-electron chi connectivity index (χ4n) is 1.04. The molecule has 3 nitrogen and oxygen atoms in total. The maximum Gasteiger partial charge on any atom is 0.323 e. The summed E-state index contributed by atoms with van der Waals surface area (Å²) in [6.45, 7) is 2.73. The molecule has 60 valence electrons. The van der Waals surface area contributed by atoms with Crippen molar-refractivity contribution in [2.75, 3.05) is 13.1 Å². The molecule has 1 heterocycles. The molecule has 11 heavy (non-hydrogen) atoms. The second kappa shape index (κ2) is 3.23. The number of nitrogens with zero attached hydrogens (tertiary/aromatic N) is 1. The van der Waals surface area contributed by atoms with Crippen LogP contribution < -0.4 is 0 Å². The smallest absolute Gasteiger partial charge is 0.323 e. The molecule has 1 rings (SSSR count). The number of carboxylic acids is 1. The summed E-state index contributed by atoms with van der Waals surface area (Å²) in [6.07, 6.45) is 5.80. The Morgan fingerprint density at radius 2 is 2.55 bits per heavy atom. The van der Waals surface area contributed by atoms with Gasteiger partial charge in [0.2, 0.25) is 0 Å². The molecule has 0 fully saturated rings. The first-order chi connectivity index (χ1) is 5.18. The summed E-state index contributed by atoms with van der Waals surface area (Å²) in [5.41, 5.74) is 1.09. The lowest BCUT2D eigenvalue weighted by atomic mass is 10.2. The standard InChI is InChI=1S/C8H11NO2/c1-7-3-2-4-9(5-7)6-8(10)11/h2-3,5H,4,6H2,1H3,(H,10,11). The summed E-state index contributed by atoms with van der Waals surface area (Å²) in [4.78, 5) is 12.0. The van der Waals surface area contributed by atoms with Gasteiger partial charge in [-0.05, 0) is 12.5 Å². The van der Waals surface area contributed by atoms with Gasteiger partial charge in [-0.1, -0.05) is 12.2 Å². The maximum atomic E-state index is 10.3. The van der Waals surface area contributed by atoms with Crippen molar-refractivity contribution in [3.05, 3.63) is 23.9 Å². The molecule has 0 bridgehead atoms. The number of carbonyl (C=O) groups is 1. The Morgan fingerprint density at radius 3 is 3.09 bits per heavy atom. The molecule has 1 aliphatic heterocycles. The number of hydrogen-bond acceptors (Lipinski definition) is 2. The van der Waals surface area contributed by atoms with Crippen molar-refractivity contribution in [2.45, 2.75) is 6.92 Å². The summed E-state index contributed by atoms with van der Waals surface area (Å²) in [7, 11) is 0. The molecule has 0 unspecified atom stereocenters. The Morgan fingerprint density at radius 1 is 1.82 bits per heavy atom. The number of allylic oxidation sites excluding steroid dienone is 2. The molecule has 0 aliphatic carbocycles. The predicted molar refractivity (Wildman–Crippen MR) is 42.1 cm³/mol. The fourth-order valence-corrected chi connectivity index (χ4v) is 1.04. The summed E-state index contributed by atoms with van der Waals surface area (Å²) < 4.78 is 0. The quantitative estimate of drug-likeness (QED) is 0.639. The molecule has 0 spiro atoms. The third kappa shape index (κ3) is 2.45. The minimum absolute atomic E-state index is 0.0850. The van der Waals surface area contributed by atoms with Crippen LogP contribution in [-0.2, 0) is 4.79 Å². The summed E-state index contributed by atoms with van der Waals surface area (Å²) >= 11 is 0. The van der Waals surface area contributed by atoms with E-state index >= 15 is 0 Å². The highest BCUT2D eigenvalue weighted by molar-refractivity contribution is 5.69. The average Bonchev–Trinajstić information content (AvgIpc) is 1.85. The van der Waals surface area contributed by atoms with Crippen LogP contribution in [0.25, 0.3) is 0 Å². The Kier molecular flexibility index (Phi) is 2.31. The van der Waals surface area contributed by atoms with Crippen molar-refractivity contribution in [1.29, 1.82) is 0 Å². The average molecular weight is 153 g/mol. The Bertz CT molecular complexity index is 218. The molecule has 0 aromatic heterocycles. The van der Waals surface area contributed by atoms with Crippen LogP contribution in [0.4, 0.5) is 0 Å². The zero-order valence-corrected chi connectivity index (χ0v) is 6.45. The zero-order chi connectivity index (χ0) is 8.27. The first kappa shape index (κ1) is 7.85. The van der Waals surface area contributed by atoms with Crippen LogP contribution in [0.15, 0.2) is 23.9 Å². The lowest BCUT2D eigenvalue weighted by Crippen LogP contribution is -2.26. The molecule has 0 amide bonds. The molecule has 1 aliphatic rings. The SMILES string of the molecule is CC1=CN(CC(=O)O)CC=C1. The van der Waals surface area contributed by atoms with E-state index in [9.17, 15) is 4.79 Å². The van der Waals surface area contributed by atoms with E-state index in [1.54, 1.807) is 4.90 Å². The second-order valence-corrected chi connectivity index (χ2v) is 2.60. The first-order valence-electron chi connectivity index (χ1n) is 3.49. The third-order valence-corrected chi connectivity index (χ3v) is 1.45. The van der Waals surface area contributed by atoms with E-state index in [0.717, 1.165) is 5.57 Å². The molecular formula is C8H11NO2. The van der Waals surface area contributed by atoms with Crippen LogP contribution in [0, 0.1) is 0 Å². The van der Waals surface area contributed by atoms with Crippen molar-refractivity contribution >= 4 is 5.97 Å². The molecule has 3 heteroatoms. The van der Waals surface area contributed by atoms with Crippen molar-refractivity contribution < 1.29 is 9.90 Å². The van der Waals surface area contributed by atoms with Gasteiger partial charge in [-0.2, -0.15) is 0 Å². The van der Waals surface area contributed by atoms with Crippen LogP contribution in [0.3, 0.4) is 0 Å². The van der Waals surface area contributed by atoms with Gasteiger partial charge < -0.3 is 10.0 Å². The molecule has 0 saturated heterocycles. The van der Waals surface area contributed by atoms with Crippen molar-refractivity contribution in [1.82, 2.24) is 4.90 Å². The minimum atomic E-state index is -0.788. The van der Waals surface area contributed by atoms with Crippen LogP contribution >= 0.6 is 0 Å². The number of rotatable bonds is 2. The Labute approximate surface area is 65.6 Å². The third-order valence-electron chi connectivity index (χ3n) is 1.45. The highest BCUT2D eigenvalue weighted by Gasteiger charge is 2.05. The van der Waals surface area contributed by atoms with Gasteiger partial charge in [-0.15, -0.1) is 0 Å². The number of carboxylic acid groups (broad SMARTS) is 1. The van der Waals surface area contributed by atoms with Crippen LogP contribution in [0.2, 0.25) is 0 Å². The van der Waals surface area contributed by atoms with Gasteiger partial charge >= 0.3 is 5.97 Å². The van der Waals surface area contributed by atoms with Crippen molar-refractivity contribution in [2.24, 2.45) is 0 Å².